The lowest BCUT2D eigenvalue weighted by Crippen LogP contribution is -2.32. The van der Waals surface area contributed by atoms with Gasteiger partial charge < -0.3 is 15.2 Å². The number of esters is 1. The molecule has 31 heavy (non-hydrogen) atoms. The number of carboxylic acid groups (broad SMARTS) is 1. The highest BCUT2D eigenvalue weighted by Gasteiger charge is 2.38. The van der Waals surface area contributed by atoms with Gasteiger partial charge in [0.15, 0.2) is 0 Å². The van der Waals surface area contributed by atoms with Crippen LogP contribution in [0.5, 0.6) is 0 Å². The molecule has 2 heterocycles. The lowest BCUT2D eigenvalue weighted by Gasteiger charge is -2.30. The minimum Gasteiger partial charge on any atom is -0.478 e. The molecular weight excluding hydrogens is 394 g/mol. The molecule has 7 nitrogen and oxygen atoms in total. The Bertz CT molecular complexity index is 1140. The molecule has 0 aliphatic carbocycles. The summed E-state index contributed by atoms with van der Waals surface area (Å²) in [4.78, 5) is 29.8. The Morgan fingerprint density at radius 3 is 2.52 bits per heavy atom. The van der Waals surface area contributed by atoms with Gasteiger partial charge in [0, 0.05) is 23.0 Å². The van der Waals surface area contributed by atoms with Gasteiger partial charge in [0.2, 0.25) is 0 Å². The first-order valence-corrected chi connectivity index (χ1v) is 10.1. The number of nitrogens with one attached hydrogen (secondary N) is 1. The summed E-state index contributed by atoms with van der Waals surface area (Å²) in [5.41, 5.74) is 2.65. The molecule has 0 radical (unpaired) electrons. The van der Waals surface area contributed by atoms with E-state index in [4.69, 9.17) is 4.74 Å². The second-order valence-corrected chi connectivity index (χ2v) is 7.94. The number of dihydropyridines is 1. The molecule has 0 bridgehead atoms. The molecule has 160 valence electrons. The van der Waals surface area contributed by atoms with E-state index in [2.05, 4.69) is 16.4 Å². The normalized spacial score (nSPS) is 17.4. The summed E-state index contributed by atoms with van der Waals surface area (Å²) >= 11 is 0. The van der Waals surface area contributed by atoms with Crippen LogP contribution in [0.2, 0.25) is 0 Å². The molecule has 1 aromatic carbocycles. The summed E-state index contributed by atoms with van der Waals surface area (Å²) in [7, 11) is 0. The molecule has 7 heteroatoms. The Labute approximate surface area is 181 Å². The topological polar surface area (TPSA) is 112 Å². The van der Waals surface area contributed by atoms with E-state index in [1.165, 1.54) is 0 Å². The van der Waals surface area contributed by atoms with Crippen molar-refractivity contribution >= 4 is 22.8 Å². The summed E-state index contributed by atoms with van der Waals surface area (Å²) in [6.07, 6.45) is 1.61. The van der Waals surface area contributed by atoms with Crippen LogP contribution >= 0.6 is 0 Å². The second-order valence-electron chi connectivity index (χ2n) is 7.94. The highest BCUT2D eigenvalue weighted by atomic mass is 16.5. The number of rotatable bonds is 6. The highest BCUT2D eigenvalue weighted by Crippen LogP contribution is 2.41. The molecule has 1 aliphatic rings. The highest BCUT2D eigenvalue weighted by molar-refractivity contribution is 6.01. The summed E-state index contributed by atoms with van der Waals surface area (Å²) in [6, 6.07) is 11.3. The van der Waals surface area contributed by atoms with E-state index < -0.39 is 23.8 Å². The third kappa shape index (κ3) is 4.29. The number of benzene rings is 1. The Morgan fingerprint density at radius 1 is 1.19 bits per heavy atom. The summed E-state index contributed by atoms with van der Waals surface area (Å²) in [5.74, 6) is -3.01. The molecule has 1 aromatic heterocycles. The number of carboxylic acids is 1. The zero-order chi connectivity index (χ0) is 22.7. The molecule has 2 aromatic rings. The lowest BCUT2D eigenvalue weighted by molar-refractivity contribution is -0.140. The fraction of sp³-hybridized carbons (Fsp3) is 0.333. The van der Waals surface area contributed by atoms with E-state index in [0.717, 1.165) is 5.39 Å². The maximum Gasteiger partial charge on any atom is 0.336 e. The van der Waals surface area contributed by atoms with Gasteiger partial charge in [-0.1, -0.05) is 32.0 Å². The van der Waals surface area contributed by atoms with Crippen LogP contribution in [0.1, 0.15) is 39.2 Å². The van der Waals surface area contributed by atoms with E-state index in [9.17, 15) is 20.0 Å². The van der Waals surface area contributed by atoms with Crippen LogP contribution in [0.15, 0.2) is 59.1 Å². The number of aliphatic carboxylic acids is 1. The van der Waals surface area contributed by atoms with Gasteiger partial charge in [-0.05, 0) is 37.5 Å². The van der Waals surface area contributed by atoms with Crippen molar-refractivity contribution in [2.45, 2.75) is 33.6 Å². The Kier molecular flexibility index (Phi) is 6.40. The Hall–Kier alpha value is -3.66. The molecular formula is C24H25N3O4. The minimum atomic E-state index is -1.12. The predicted molar refractivity (Wildman–Crippen MR) is 116 cm³/mol. The van der Waals surface area contributed by atoms with Crippen LogP contribution in [0.3, 0.4) is 0 Å². The molecule has 0 amide bonds. The molecule has 2 atom stereocenters. The Balaban J connectivity index is 2.12. The number of nitrogens with zero attached hydrogens (tertiary/aromatic N) is 2. The molecule has 0 spiro atoms. The Morgan fingerprint density at radius 2 is 1.87 bits per heavy atom. The van der Waals surface area contributed by atoms with Crippen molar-refractivity contribution in [3.63, 3.8) is 0 Å². The maximum absolute atomic E-state index is 13.2. The van der Waals surface area contributed by atoms with Gasteiger partial charge >= 0.3 is 11.9 Å². The SMILES string of the molecule is CC1=C(C(=O)O)C(c2ccnc3ccccc23)C(C(=O)OCC(C#N)C(C)C)=C(C)N1. The number of pyridine rings is 1. The minimum absolute atomic E-state index is 0.0222. The smallest absolute Gasteiger partial charge is 0.336 e. The van der Waals surface area contributed by atoms with Crippen LogP contribution in [0, 0.1) is 23.2 Å². The first-order chi connectivity index (χ1) is 14.8. The average Bonchev–Trinajstić information content (AvgIpc) is 2.72. The number of hydrogen-bond acceptors (Lipinski definition) is 6. The van der Waals surface area contributed by atoms with Crippen molar-refractivity contribution in [1.29, 1.82) is 5.26 Å². The van der Waals surface area contributed by atoms with Crippen molar-refractivity contribution in [2.75, 3.05) is 6.61 Å². The van der Waals surface area contributed by atoms with Crippen molar-refractivity contribution in [3.05, 3.63) is 64.6 Å². The third-order valence-corrected chi connectivity index (χ3v) is 5.57. The van der Waals surface area contributed by atoms with Gasteiger partial charge in [-0.3, -0.25) is 4.98 Å². The first-order valence-electron chi connectivity index (χ1n) is 10.1. The van der Waals surface area contributed by atoms with Gasteiger partial charge in [0.25, 0.3) is 0 Å². The fourth-order valence-corrected chi connectivity index (χ4v) is 3.85. The second kappa shape index (κ2) is 9.00. The van der Waals surface area contributed by atoms with Crippen molar-refractivity contribution < 1.29 is 19.4 Å². The monoisotopic (exact) mass is 419 g/mol. The lowest BCUT2D eigenvalue weighted by atomic mass is 9.79. The fourth-order valence-electron chi connectivity index (χ4n) is 3.85. The largest absolute Gasteiger partial charge is 0.478 e. The van der Waals surface area contributed by atoms with Gasteiger partial charge in [-0.2, -0.15) is 5.26 Å². The van der Waals surface area contributed by atoms with E-state index in [1.807, 2.05) is 38.1 Å². The number of allylic oxidation sites excluding steroid dienone is 2. The molecule has 0 saturated carbocycles. The summed E-state index contributed by atoms with van der Waals surface area (Å²) in [6.45, 7) is 7.11. The number of hydrogen-bond donors (Lipinski definition) is 2. The van der Waals surface area contributed by atoms with E-state index in [0.29, 0.717) is 22.5 Å². The molecule has 3 rings (SSSR count). The van der Waals surface area contributed by atoms with Crippen molar-refractivity contribution in [3.8, 4) is 6.07 Å². The predicted octanol–water partition coefficient (Wildman–Crippen LogP) is 3.89. The summed E-state index contributed by atoms with van der Waals surface area (Å²) < 4.78 is 5.50. The van der Waals surface area contributed by atoms with Crippen molar-refractivity contribution in [1.82, 2.24) is 10.3 Å². The number of carbonyl (C=O) groups excluding carboxylic acids is 1. The molecule has 2 unspecified atom stereocenters. The van der Waals surface area contributed by atoms with Crippen LogP contribution in [0.25, 0.3) is 10.9 Å². The summed E-state index contributed by atoms with van der Waals surface area (Å²) in [5, 5.41) is 23.1. The van der Waals surface area contributed by atoms with Gasteiger partial charge in [-0.15, -0.1) is 0 Å². The number of fused-ring (bicyclic) bond motifs is 1. The van der Waals surface area contributed by atoms with E-state index in [-0.39, 0.29) is 23.7 Å². The van der Waals surface area contributed by atoms with Gasteiger partial charge in [0.1, 0.15) is 6.61 Å². The van der Waals surface area contributed by atoms with E-state index >= 15 is 0 Å². The number of ether oxygens (including phenoxy) is 1. The number of aromatic nitrogens is 1. The number of para-hydroxylation sites is 1. The third-order valence-electron chi connectivity index (χ3n) is 5.57. The van der Waals surface area contributed by atoms with E-state index in [1.54, 1.807) is 26.1 Å². The number of carbonyl (C=O) groups is 2. The van der Waals surface area contributed by atoms with Crippen molar-refractivity contribution in [2.24, 2.45) is 11.8 Å². The van der Waals surface area contributed by atoms with Crippen LogP contribution in [0.4, 0.5) is 0 Å². The molecule has 0 saturated heterocycles. The maximum atomic E-state index is 13.2. The average molecular weight is 419 g/mol. The number of nitriles is 1. The zero-order valence-corrected chi connectivity index (χ0v) is 18.0. The standard InChI is InChI=1S/C24H25N3O4/c1-13(2)16(11-25)12-31-24(30)21-15(4)27-14(3)20(23(28)29)22(21)18-9-10-26-19-8-6-5-7-17(18)19/h5-10,13,16,22,27H,12H2,1-4H3,(H,28,29). The van der Waals surface area contributed by atoms with Crippen LogP contribution < -0.4 is 5.32 Å². The first kappa shape index (κ1) is 22.0. The van der Waals surface area contributed by atoms with Crippen LogP contribution in [-0.4, -0.2) is 28.6 Å². The quantitative estimate of drug-likeness (QED) is 0.683. The van der Waals surface area contributed by atoms with Gasteiger partial charge in [0.05, 0.1) is 34.6 Å². The molecule has 2 N–H and O–H groups in total. The molecule has 0 fully saturated rings. The molecule has 1 aliphatic heterocycles. The van der Waals surface area contributed by atoms with Gasteiger partial charge in [-0.25, -0.2) is 9.59 Å². The zero-order valence-electron chi connectivity index (χ0n) is 18.0. The van der Waals surface area contributed by atoms with Crippen LogP contribution in [-0.2, 0) is 14.3 Å².